The van der Waals surface area contributed by atoms with Gasteiger partial charge in [-0.1, -0.05) is 65.8 Å². The Labute approximate surface area is 117 Å². The molecule has 0 radical (unpaired) electrons. The number of Topliss-reactive ketones (excluding diaryl/α,β-unsaturated/α-hetero) is 1. The molecule has 0 unspecified atom stereocenters. The third-order valence-corrected chi connectivity index (χ3v) is 3.16. The number of nitrogens with zero attached hydrogens (tertiary/aromatic N) is 3. The van der Waals surface area contributed by atoms with Crippen LogP contribution >= 0.6 is 0 Å². The summed E-state index contributed by atoms with van der Waals surface area (Å²) in [6.07, 6.45) is 0.516. The van der Waals surface area contributed by atoms with Gasteiger partial charge in [0.05, 0.1) is 0 Å². The fraction of sp³-hybridized carbons (Fsp3) is 0.188. The molecule has 2 aromatic carbocycles. The topological polar surface area (TPSA) is 65.8 Å². The number of hydrogen-bond donors (Lipinski definition) is 0. The zero-order valence-electron chi connectivity index (χ0n) is 11.0. The molecule has 2 aromatic rings. The summed E-state index contributed by atoms with van der Waals surface area (Å²) in [6.45, 7) is 0.314. The summed E-state index contributed by atoms with van der Waals surface area (Å²) >= 11 is 0. The molecule has 0 aliphatic carbocycles. The molecule has 0 saturated heterocycles. The Morgan fingerprint density at radius 2 is 1.65 bits per heavy atom. The van der Waals surface area contributed by atoms with E-state index in [1.165, 1.54) is 0 Å². The molecule has 20 heavy (non-hydrogen) atoms. The SMILES string of the molecule is [N-]=[N+]=NCC[C@H](C(=O)c1ccccc1)c1ccccc1. The molecule has 1 atom stereocenters. The standard InChI is InChI=1S/C16H15N3O/c17-19-18-12-11-15(13-7-3-1-4-8-13)16(20)14-9-5-2-6-10-14/h1-10,15H,11-12H2/t15-/m0/s1. The van der Waals surface area contributed by atoms with Crippen molar-refractivity contribution in [3.8, 4) is 0 Å². The summed E-state index contributed by atoms with van der Waals surface area (Å²) in [5.41, 5.74) is 10.0. The fourth-order valence-electron chi connectivity index (χ4n) is 2.17. The normalized spacial score (nSPS) is 11.4. The molecule has 0 aliphatic rings. The third-order valence-electron chi connectivity index (χ3n) is 3.16. The zero-order chi connectivity index (χ0) is 14.2. The second kappa shape index (κ2) is 7.12. The molecule has 0 aliphatic heterocycles. The van der Waals surface area contributed by atoms with Gasteiger partial charge in [0, 0.05) is 22.9 Å². The molecule has 100 valence electrons. The molecular formula is C16H15N3O. The van der Waals surface area contributed by atoms with Crippen molar-refractivity contribution in [1.29, 1.82) is 0 Å². The number of azide groups is 1. The molecule has 4 nitrogen and oxygen atoms in total. The highest BCUT2D eigenvalue weighted by atomic mass is 16.1. The van der Waals surface area contributed by atoms with Gasteiger partial charge in [-0.15, -0.1) is 0 Å². The lowest BCUT2D eigenvalue weighted by molar-refractivity contribution is 0.0956. The van der Waals surface area contributed by atoms with Crippen LogP contribution in [0.1, 0.15) is 28.3 Å². The lowest BCUT2D eigenvalue weighted by Gasteiger charge is -2.15. The Bertz CT molecular complexity index is 604. The number of hydrogen-bond acceptors (Lipinski definition) is 2. The largest absolute Gasteiger partial charge is 0.293 e. The molecule has 0 spiro atoms. The van der Waals surface area contributed by atoms with Gasteiger partial charge in [0.25, 0.3) is 0 Å². The minimum Gasteiger partial charge on any atom is -0.293 e. The Hall–Kier alpha value is -2.58. The van der Waals surface area contributed by atoms with Crippen LogP contribution in [-0.2, 0) is 0 Å². The van der Waals surface area contributed by atoms with Crippen molar-refractivity contribution < 1.29 is 4.79 Å². The van der Waals surface area contributed by atoms with Gasteiger partial charge < -0.3 is 0 Å². The molecule has 0 heterocycles. The van der Waals surface area contributed by atoms with Gasteiger partial charge >= 0.3 is 0 Å². The number of benzene rings is 2. The van der Waals surface area contributed by atoms with E-state index in [0.29, 0.717) is 18.5 Å². The van der Waals surface area contributed by atoms with Crippen molar-refractivity contribution in [2.75, 3.05) is 6.54 Å². The van der Waals surface area contributed by atoms with E-state index in [1.54, 1.807) is 0 Å². The second-order valence-corrected chi connectivity index (χ2v) is 4.44. The van der Waals surface area contributed by atoms with Crippen molar-refractivity contribution in [2.24, 2.45) is 5.11 Å². The predicted molar refractivity (Wildman–Crippen MR) is 78.6 cm³/mol. The van der Waals surface area contributed by atoms with Crippen molar-refractivity contribution in [2.45, 2.75) is 12.3 Å². The summed E-state index contributed by atoms with van der Waals surface area (Å²) in [7, 11) is 0. The van der Waals surface area contributed by atoms with E-state index >= 15 is 0 Å². The fourth-order valence-corrected chi connectivity index (χ4v) is 2.17. The quantitative estimate of drug-likeness (QED) is 0.331. The number of carbonyl (C=O) groups is 1. The maximum Gasteiger partial charge on any atom is 0.170 e. The molecule has 0 aromatic heterocycles. The van der Waals surface area contributed by atoms with Crippen molar-refractivity contribution >= 4 is 5.78 Å². The van der Waals surface area contributed by atoms with Crippen LogP contribution in [0.2, 0.25) is 0 Å². The Morgan fingerprint density at radius 1 is 1.05 bits per heavy atom. The first-order valence-electron chi connectivity index (χ1n) is 6.48. The van der Waals surface area contributed by atoms with E-state index in [9.17, 15) is 4.79 Å². The lowest BCUT2D eigenvalue weighted by Crippen LogP contribution is -2.14. The summed E-state index contributed by atoms with van der Waals surface area (Å²) in [5.74, 6) is -0.214. The third kappa shape index (κ3) is 3.46. The van der Waals surface area contributed by atoms with Gasteiger partial charge in [-0.05, 0) is 17.5 Å². The lowest BCUT2D eigenvalue weighted by atomic mass is 9.88. The van der Waals surface area contributed by atoms with Gasteiger partial charge in [0.1, 0.15) is 0 Å². The molecule has 0 bridgehead atoms. The van der Waals surface area contributed by atoms with Crippen LogP contribution in [0.5, 0.6) is 0 Å². The van der Waals surface area contributed by atoms with Crippen LogP contribution in [0, 0.1) is 0 Å². The Balaban J connectivity index is 2.26. The molecule has 2 rings (SSSR count). The first-order chi connectivity index (χ1) is 9.83. The highest BCUT2D eigenvalue weighted by Crippen LogP contribution is 2.24. The van der Waals surface area contributed by atoms with Crippen LogP contribution in [0.25, 0.3) is 10.4 Å². The van der Waals surface area contributed by atoms with Crippen LogP contribution in [0.3, 0.4) is 0 Å². The van der Waals surface area contributed by atoms with E-state index in [-0.39, 0.29) is 11.7 Å². The number of carbonyl (C=O) groups excluding carboxylic acids is 1. The average Bonchev–Trinajstić information content (AvgIpc) is 2.53. The predicted octanol–water partition coefficient (Wildman–Crippen LogP) is 4.35. The van der Waals surface area contributed by atoms with Crippen molar-refractivity contribution in [3.05, 3.63) is 82.2 Å². The van der Waals surface area contributed by atoms with Gasteiger partial charge in [0.15, 0.2) is 5.78 Å². The molecule has 0 amide bonds. The van der Waals surface area contributed by atoms with Gasteiger partial charge in [-0.2, -0.15) is 0 Å². The molecule has 0 fully saturated rings. The second-order valence-electron chi connectivity index (χ2n) is 4.44. The highest BCUT2D eigenvalue weighted by molar-refractivity contribution is 6.00. The minimum atomic E-state index is -0.274. The van der Waals surface area contributed by atoms with E-state index in [2.05, 4.69) is 10.0 Å². The maximum absolute atomic E-state index is 12.6. The van der Waals surface area contributed by atoms with Crippen LogP contribution in [0.15, 0.2) is 65.8 Å². The maximum atomic E-state index is 12.6. The Kier molecular flexibility index (Phi) is 4.93. The molecule has 0 N–H and O–H groups in total. The molecule has 0 saturated carbocycles. The minimum absolute atomic E-state index is 0.0601. The van der Waals surface area contributed by atoms with E-state index in [1.807, 2.05) is 60.7 Å². The molecule has 4 heteroatoms. The van der Waals surface area contributed by atoms with E-state index < -0.39 is 0 Å². The first kappa shape index (κ1) is 13.8. The zero-order valence-corrected chi connectivity index (χ0v) is 11.0. The summed E-state index contributed by atoms with van der Waals surface area (Å²) < 4.78 is 0. The molecular weight excluding hydrogens is 250 g/mol. The highest BCUT2D eigenvalue weighted by Gasteiger charge is 2.21. The Morgan fingerprint density at radius 3 is 2.25 bits per heavy atom. The summed E-state index contributed by atoms with van der Waals surface area (Å²) in [5, 5.41) is 3.54. The van der Waals surface area contributed by atoms with Crippen LogP contribution in [-0.4, -0.2) is 12.3 Å². The van der Waals surface area contributed by atoms with Crippen molar-refractivity contribution in [1.82, 2.24) is 0 Å². The van der Waals surface area contributed by atoms with Crippen LogP contribution < -0.4 is 0 Å². The summed E-state index contributed by atoms with van der Waals surface area (Å²) in [6, 6.07) is 18.8. The number of rotatable bonds is 6. The smallest absolute Gasteiger partial charge is 0.170 e. The van der Waals surface area contributed by atoms with Gasteiger partial charge in [0.2, 0.25) is 0 Å². The first-order valence-corrected chi connectivity index (χ1v) is 6.48. The van der Waals surface area contributed by atoms with E-state index in [4.69, 9.17) is 5.53 Å². The van der Waals surface area contributed by atoms with Gasteiger partial charge in [-0.25, -0.2) is 0 Å². The number of ketones is 1. The van der Waals surface area contributed by atoms with Crippen molar-refractivity contribution in [3.63, 3.8) is 0 Å². The van der Waals surface area contributed by atoms with E-state index in [0.717, 1.165) is 5.56 Å². The average molecular weight is 265 g/mol. The summed E-state index contributed by atoms with van der Waals surface area (Å²) in [4.78, 5) is 15.4. The monoisotopic (exact) mass is 265 g/mol. The van der Waals surface area contributed by atoms with Gasteiger partial charge in [-0.3, -0.25) is 4.79 Å². The van der Waals surface area contributed by atoms with Crippen LogP contribution in [0.4, 0.5) is 0 Å².